The predicted octanol–water partition coefficient (Wildman–Crippen LogP) is 2.51. The number of carbonyl (C=O) groups is 1. The monoisotopic (exact) mass is 365 g/mol. The molecule has 1 atom stereocenters. The smallest absolute Gasteiger partial charge is 0.271 e. The van der Waals surface area contributed by atoms with Gasteiger partial charge in [0.05, 0.1) is 16.2 Å². The highest BCUT2D eigenvalue weighted by atomic mass is 35.5. The lowest BCUT2D eigenvalue weighted by molar-refractivity contribution is 0.0925. The average Bonchev–Trinajstić information content (AvgIpc) is 2.58. The van der Waals surface area contributed by atoms with E-state index in [4.69, 9.17) is 28.9 Å². The molecule has 1 fully saturated rings. The first-order valence-corrected chi connectivity index (χ1v) is 8.40. The van der Waals surface area contributed by atoms with Gasteiger partial charge in [0.2, 0.25) is 0 Å². The number of hydrogen-bond donors (Lipinski definition) is 3. The van der Waals surface area contributed by atoms with Crippen LogP contribution >= 0.6 is 23.2 Å². The molecule has 2 heterocycles. The molecule has 1 saturated heterocycles. The van der Waals surface area contributed by atoms with E-state index < -0.39 is 0 Å². The second kappa shape index (κ2) is 7.34. The van der Waals surface area contributed by atoms with E-state index in [1.165, 1.54) is 6.20 Å². The van der Waals surface area contributed by atoms with E-state index in [0.717, 1.165) is 25.9 Å². The Morgan fingerprint density at radius 3 is 2.92 bits per heavy atom. The van der Waals surface area contributed by atoms with E-state index in [2.05, 4.69) is 20.6 Å². The lowest BCUT2D eigenvalue weighted by atomic mass is 10.1. The van der Waals surface area contributed by atoms with E-state index in [9.17, 15) is 4.79 Å². The van der Waals surface area contributed by atoms with Gasteiger partial charge < -0.3 is 16.4 Å². The van der Waals surface area contributed by atoms with Crippen LogP contribution in [-0.2, 0) is 0 Å². The number of nitrogen functional groups attached to an aromatic ring is 1. The van der Waals surface area contributed by atoms with E-state index in [0.29, 0.717) is 21.3 Å². The number of rotatable bonds is 3. The second-order valence-corrected chi connectivity index (χ2v) is 6.39. The minimum Gasteiger partial charge on any atom is -0.382 e. The van der Waals surface area contributed by atoms with Crippen molar-refractivity contribution in [1.82, 2.24) is 20.6 Å². The molecule has 24 heavy (non-hydrogen) atoms. The Balaban J connectivity index is 1.81. The van der Waals surface area contributed by atoms with Crippen LogP contribution in [0.3, 0.4) is 0 Å². The number of nitrogens with zero attached hydrogens (tertiary/aromatic N) is 2. The average molecular weight is 366 g/mol. The molecule has 126 valence electrons. The van der Waals surface area contributed by atoms with Crippen LogP contribution in [-0.4, -0.2) is 35.0 Å². The Morgan fingerprint density at radius 2 is 2.21 bits per heavy atom. The lowest BCUT2D eigenvalue weighted by Gasteiger charge is -2.23. The third-order valence-corrected chi connectivity index (χ3v) is 4.69. The molecule has 6 nitrogen and oxygen atoms in total. The van der Waals surface area contributed by atoms with E-state index in [1.54, 1.807) is 18.2 Å². The molecule has 1 aromatic carbocycles. The third kappa shape index (κ3) is 3.61. The fraction of sp³-hybridized carbons (Fsp3) is 0.312. The maximum absolute atomic E-state index is 12.3. The van der Waals surface area contributed by atoms with Crippen molar-refractivity contribution in [3.63, 3.8) is 0 Å². The number of aromatic nitrogens is 2. The summed E-state index contributed by atoms with van der Waals surface area (Å²) in [4.78, 5) is 20.7. The van der Waals surface area contributed by atoms with Gasteiger partial charge in [0, 0.05) is 18.2 Å². The summed E-state index contributed by atoms with van der Waals surface area (Å²) in [6.07, 6.45) is 3.37. The highest BCUT2D eigenvalue weighted by Gasteiger charge is 2.19. The minimum absolute atomic E-state index is 0.0938. The number of hydrogen-bond acceptors (Lipinski definition) is 5. The fourth-order valence-corrected chi connectivity index (χ4v) is 3.03. The molecule has 8 heteroatoms. The number of amides is 1. The lowest BCUT2D eigenvalue weighted by Crippen LogP contribution is -2.45. The van der Waals surface area contributed by atoms with Gasteiger partial charge in [-0.1, -0.05) is 35.3 Å². The molecule has 1 amide bonds. The zero-order chi connectivity index (χ0) is 17.1. The Hall–Kier alpha value is -1.89. The molecule has 0 saturated carbocycles. The molecule has 0 aliphatic carbocycles. The molecule has 1 aromatic heterocycles. The van der Waals surface area contributed by atoms with Crippen molar-refractivity contribution in [2.75, 3.05) is 18.8 Å². The van der Waals surface area contributed by atoms with E-state index in [-0.39, 0.29) is 23.5 Å². The van der Waals surface area contributed by atoms with Crippen molar-refractivity contribution < 1.29 is 4.79 Å². The van der Waals surface area contributed by atoms with Gasteiger partial charge in [-0.15, -0.1) is 0 Å². The number of anilines is 1. The van der Waals surface area contributed by atoms with Crippen molar-refractivity contribution in [3.05, 3.63) is 40.1 Å². The van der Waals surface area contributed by atoms with Crippen LogP contribution in [0.2, 0.25) is 10.0 Å². The molecule has 0 bridgehead atoms. The van der Waals surface area contributed by atoms with Crippen molar-refractivity contribution >= 4 is 34.9 Å². The summed E-state index contributed by atoms with van der Waals surface area (Å²) in [6, 6.07) is 5.27. The Morgan fingerprint density at radius 1 is 1.38 bits per heavy atom. The Labute approximate surface area is 149 Å². The molecule has 0 radical (unpaired) electrons. The van der Waals surface area contributed by atoms with Crippen molar-refractivity contribution in [3.8, 4) is 11.3 Å². The Kier molecular flexibility index (Phi) is 5.18. The van der Waals surface area contributed by atoms with Crippen LogP contribution in [0.15, 0.2) is 24.4 Å². The standard InChI is InChI=1S/C16H17Cl2N5O/c17-11-5-1-4-10(13(11)18)14-15(19)23-12(8-21-14)16(24)22-9-3-2-6-20-7-9/h1,4-5,8-9,20H,2-3,6-7H2,(H2,19,23)(H,22,24). The number of piperidine rings is 1. The molecular weight excluding hydrogens is 349 g/mol. The SMILES string of the molecule is Nc1nc(C(=O)NC2CCCNC2)cnc1-c1cccc(Cl)c1Cl. The quantitative estimate of drug-likeness (QED) is 0.776. The summed E-state index contributed by atoms with van der Waals surface area (Å²) in [5.74, 6) is -0.153. The van der Waals surface area contributed by atoms with Crippen LogP contribution in [0.25, 0.3) is 11.3 Å². The number of nitrogens with one attached hydrogen (secondary N) is 2. The summed E-state index contributed by atoms with van der Waals surface area (Å²) in [6.45, 7) is 1.74. The number of nitrogens with two attached hydrogens (primary N) is 1. The van der Waals surface area contributed by atoms with Gasteiger partial charge in [-0.2, -0.15) is 0 Å². The number of benzene rings is 1. The zero-order valence-corrected chi connectivity index (χ0v) is 14.4. The number of carbonyl (C=O) groups excluding carboxylic acids is 1. The zero-order valence-electron chi connectivity index (χ0n) is 12.9. The maximum atomic E-state index is 12.3. The van der Waals surface area contributed by atoms with Gasteiger partial charge in [0.25, 0.3) is 5.91 Å². The predicted molar refractivity (Wildman–Crippen MR) is 95.3 cm³/mol. The van der Waals surface area contributed by atoms with Crippen LogP contribution in [0, 0.1) is 0 Å². The summed E-state index contributed by atoms with van der Waals surface area (Å²) >= 11 is 12.2. The van der Waals surface area contributed by atoms with E-state index in [1.807, 2.05) is 0 Å². The van der Waals surface area contributed by atoms with Gasteiger partial charge in [0.1, 0.15) is 11.4 Å². The largest absolute Gasteiger partial charge is 0.382 e. The summed E-state index contributed by atoms with van der Waals surface area (Å²) in [5, 5.41) is 6.94. The van der Waals surface area contributed by atoms with Crippen LogP contribution in [0.5, 0.6) is 0 Å². The molecule has 1 aliphatic rings. The first-order chi connectivity index (χ1) is 11.6. The molecule has 0 spiro atoms. The van der Waals surface area contributed by atoms with Crippen molar-refractivity contribution in [1.29, 1.82) is 0 Å². The van der Waals surface area contributed by atoms with Crippen molar-refractivity contribution in [2.24, 2.45) is 0 Å². The third-order valence-electron chi connectivity index (χ3n) is 3.87. The van der Waals surface area contributed by atoms with Crippen LogP contribution in [0.1, 0.15) is 23.3 Å². The highest BCUT2D eigenvalue weighted by Crippen LogP contribution is 2.34. The second-order valence-electron chi connectivity index (χ2n) is 5.61. The van der Waals surface area contributed by atoms with Crippen LogP contribution in [0.4, 0.5) is 5.82 Å². The number of halogens is 2. The molecule has 1 aliphatic heterocycles. The normalized spacial score (nSPS) is 17.5. The van der Waals surface area contributed by atoms with Crippen molar-refractivity contribution in [2.45, 2.75) is 18.9 Å². The van der Waals surface area contributed by atoms with Gasteiger partial charge >= 0.3 is 0 Å². The highest BCUT2D eigenvalue weighted by molar-refractivity contribution is 6.43. The maximum Gasteiger partial charge on any atom is 0.271 e. The molecular formula is C16H17Cl2N5O. The van der Waals surface area contributed by atoms with E-state index >= 15 is 0 Å². The van der Waals surface area contributed by atoms with Gasteiger partial charge in [-0.25, -0.2) is 9.97 Å². The minimum atomic E-state index is -0.286. The van der Waals surface area contributed by atoms with Gasteiger partial charge in [-0.3, -0.25) is 4.79 Å². The molecule has 3 rings (SSSR count). The first kappa shape index (κ1) is 17.0. The first-order valence-electron chi connectivity index (χ1n) is 7.64. The molecule has 2 aromatic rings. The fourth-order valence-electron chi connectivity index (χ4n) is 2.64. The summed E-state index contributed by atoms with van der Waals surface area (Å²) in [5.41, 5.74) is 7.14. The van der Waals surface area contributed by atoms with Crippen LogP contribution < -0.4 is 16.4 Å². The summed E-state index contributed by atoms with van der Waals surface area (Å²) < 4.78 is 0. The molecule has 1 unspecified atom stereocenters. The topological polar surface area (TPSA) is 92.9 Å². The Bertz CT molecular complexity index is 762. The van der Waals surface area contributed by atoms with Gasteiger partial charge in [0.15, 0.2) is 5.82 Å². The van der Waals surface area contributed by atoms with Gasteiger partial charge in [-0.05, 0) is 25.5 Å². The summed E-state index contributed by atoms with van der Waals surface area (Å²) in [7, 11) is 0. The molecule has 4 N–H and O–H groups in total.